The van der Waals surface area contributed by atoms with Crippen molar-refractivity contribution in [1.29, 1.82) is 0 Å². The Labute approximate surface area is 234 Å². The monoisotopic (exact) mass is 556 g/mol. The second-order valence-electron chi connectivity index (χ2n) is 11.4. The Balaban J connectivity index is 1.23. The Morgan fingerprint density at radius 1 is 1.03 bits per heavy atom. The van der Waals surface area contributed by atoms with Crippen LogP contribution in [-0.2, 0) is 23.9 Å². The average molecular weight is 557 g/mol. The number of halogens is 1. The molecule has 39 heavy (non-hydrogen) atoms. The van der Waals surface area contributed by atoms with Crippen LogP contribution in [0.2, 0.25) is 5.02 Å². The predicted octanol–water partition coefficient (Wildman–Crippen LogP) is 2.60. The summed E-state index contributed by atoms with van der Waals surface area (Å²) in [6.07, 6.45) is 9.19. The van der Waals surface area contributed by atoms with E-state index in [4.69, 9.17) is 21.1 Å². The number of hydrogen-bond donors (Lipinski definition) is 2. The zero-order valence-corrected chi connectivity index (χ0v) is 22.9. The van der Waals surface area contributed by atoms with Crippen molar-refractivity contribution in [3.63, 3.8) is 0 Å². The highest BCUT2D eigenvalue weighted by Crippen LogP contribution is 2.55. The summed E-state index contributed by atoms with van der Waals surface area (Å²) in [4.78, 5) is 45.5. The number of hydrogen-bond acceptors (Lipinski definition) is 6. The maximum Gasteiger partial charge on any atom is 0.246 e. The number of likely N-dealkylation sites (tertiary alicyclic amines) is 1. The van der Waals surface area contributed by atoms with Crippen LogP contribution < -0.4 is 10.6 Å². The number of carbonyl (C=O) groups is 3. The van der Waals surface area contributed by atoms with Crippen molar-refractivity contribution in [2.45, 2.75) is 62.3 Å². The lowest BCUT2D eigenvalue weighted by Gasteiger charge is -2.34. The Bertz CT molecular complexity index is 1120. The van der Waals surface area contributed by atoms with Gasteiger partial charge < -0.3 is 25.0 Å². The van der Waals surface area contributed by atoms with Gasteiger partial charge in [0.2, 0.25) is 17.7 Å². The van der Waals surface area contributed by atoms with Gasteiger partial charge in [-0.3, -0.25) is 19.3 Å². The van der Waals surface area contributed by atoms with Crippen LogP contribution in [0.3, 0.4) is 0 Å². The lowest BCUT2D eigenvalue weighted by molar-refractivity contribution is -0.141. The Morgan fingerprint density at radius 2 is 1.77 bits per heavy atom. The van der Waals surface area contributed by atoms with E-state index in [9.17, 15) is 14.4 Å². The Kier molecular flexibility index (Phi) is 7.68. The molecule has 4 heterocycles. The summed E-state index contributed by atoms with van der Waals surface area (Å²) in [6.45, 7) is 4.42. The van der Waals surface area contributed by atoms with Crippen molar-refractivity contribution >= 4 is 35.0 Å². The van der Waals surface area contributed by atoms with E-state index < -0.39 is 29.6 Å². The molecular formula is C29H37ClN4O5. The number of morpholine rings is 1. The first-order valence-electron chi connectivity index (χ1n) is 14.3. The highest BCUT2D eigenvalue weighted by molar-refractivity contribution is 6.30. The maximum absolute atomic E-state index is 14.1. The molecule has 2 bridgehead atoms. The lowest BCUT2D eigenvalue weighted by atomic mass is 9.74. The second-order valence-corrected chi connectivity index (χ2v) is 11.8. The van der Waals surface area contributed by atoms with Gasteiger partial charge in [0, 0.05) is 42.9 Å². The van der Waals surface area contributed by atoms with Crippen LogP contribution in [-0.4, -0.2) is 90.7 Å². The van der Waals surface area contributed by atoms with Crippen molar-refractivity contribution in [3.8, 4) is 0 Å². The Hall–Kier alpha value is -2.46. The van der Waals surface area contributed by atoms with E-state index in [-0.39, 0.29) is 23.8 Å². The molecule has 5 atom stereocenters. The summed E-state index contributed by atoms with van der Waals surface area (Å²) in [5, 5.41) is 6.75. The zero-order valence-electron chi connectivity index (χ0n) is 22.1. The quantitative estimate of drug-likeness (QED) is 0.478. The van der Waals surface area contributed by atoms with Crippen LogP contribution in [0.25, 0.3) is 0 Å². The molecule has 5 aliphatic rings. The largest absolute Gasteiger partial charge is 0.379 e. The van der Waals surface area contributed by atoms with Crippen molar-refractivity contribution in [3.05, 3.63) is 41.4 Å². The fourth-order valence-electron chi connectivity index (χ4n) is 7.08. The third-order valence-corrected chi connectivity index (χ3v) is 9.22. The average Bonchev–Trinajstić information content (AvgIpc) is 3.58. The standard InChI is InChI=1S/C29H37ClN4O5/c30-19-7-9-21(10-8-19)31-26(35)23-22-11-12-29(39-22)24(23)28(37)34(14-4-13-33-15-17-38-18-16-33)25(29)27(36)32-20-5-2-1-3-6-20/h7-12,20,22-25H,1-6,13-18H2,(H,31,35)(H,32,36)/t22-,23+,24-,25-,29-/m0/s1. The first-order chi connectivity index (χ1) is 19.0. The summed E-state index contributed by atoms with van der Waals surface area (Å²) >= 11 is 6.00. The normalized spacial score (nSPS) is 32.4. The molecule has 210 valence electrons. The number of ether oxygens (including phenoxy) is 2. The molecule has 0 aromatic heterocycles. The van der Waals surface area contributed by atoms with Gasteiger partial charge in [-0.2, -0.15) is 0 Å². The molecule has 4 aliphatic heterocycles. The van der Waals surface area contributed by atoms with Gasteiger partial charge in [-0.25, -0.2) is 0 Å². The van der Waals surface area contributed by atoms with E-state index in [1.54, 1.807) is 29.2 Å². The first kappa shape index (κ1) is 26.7. The molecule has 1 aliphatic carbocycles. The molecular weight excluding hydrogens is 520 g/mol. The number of amides is 3. The van der Waals surface area contributed by atoms with Crippen LogP contribution in [0.15, 0.2) is 36.4 Å². The smallest absolute Gasteiger partial charge is 0.246 e. The number of benzene rings is 1. The van der Waals surface area contributed by atoms with Crippen LogP contribution in [0, 0.1) is 11.8 Å². The van der Waals surface area contributed by atoms with Gasteiger partial charge in [0.15, 0.2) is 0 Å². The summed E-state index contributed by atoms with van der Waals surface area (Å²) in [7, 11) is 0. The summed E-state index contributed by atoms with van der Waals surface area (Å²) in [6, 6.07) is 6.19. The van der Waals surface area contributed by atoms with E-state index in [1.165, 1.54) is 6.42 Å². The van der Waals surface area contributed by atoms with E-state index in [2.05, 4.69) is 15.5 Å². The molecule has 0 radical (unpaired) electrons. The zero-order chi connectivity index (χ0) is 27.0. The molecule has 4 fully saturated rings. The molecule has 0 unspecified atom stereocenters. The number of anilines is 1. The van der Waals surface area contributed by atoms with Gasteiger partial charge in [-0.1, -0.05) is 43.0 Å². The Morgan fingerprint density at radius 3 is 2.51 bits per heavy atom. The molecule has 3 amide bonds. The van der Waals surface area contributed by atoms with Gasteiger partial charge in [0.05, 0.1) is 31.2 Å². The number of carbonyl (C=O) groups excluding carboxylic acids is 3. The first-order valence-corrected chi connectivity index (χ1v) is 14.7. The third kappa shape index (κ3) is 5.10. The highest BCUT2D eigenvalue weighted by atomic mass is 35.5. The topological polar surface area (TPSA) is 100 Å². The van der Waals surface area contributed by atoms with Crippen molar-refractivity contribution in [2.75, 3.05) is 44.7 Å². The molecule has 1 aromatic rings. The number of nitrogens with zero attached hydrogens (tertiary/aromatic N) is 2. The molecule has 10 heteroatoms. The predicted molar refractivity (Wildman–Crippen MR) is 146 cm³/mol. The van der Waals surface area contributed by atoms with E-state index >= 15 is 0 Å². The summed E-state index contributed by atoms with van der Waals surface area (Å²) < 4.78 is 11.9. The number of nitrogens with one attached hydrogen (secondary N) is 2. The minimum atomic E-state index is -1.14. The fourth-order valence-corrected chi connectivity index (χ4v) is 7.21. The van der Waals surface area contributed by atoms with E-state index in [0.29, 0.717) is 30.5 Å². The molecule has 6 rings (SSSR count). The van der Waals surface area contributed by atoms with Crippen LogP contribution in [0.5, 0.6) is 0 Å². The van der Waals surface area contributed by atoms with Crippen LogP contribution in [0.4, 0.5) is 5.69 Å². The minimum absolute atomic E-state index is 0.110. The molecule has 3 saturated heterocycles. The number of rotatable bonds is 8. The van der Waals surface area contributed by atoms with Gasteiger partial charge in [0.1, 0.15) is 11.6 Å². The van der Waals surface area contributed by atoms with Gasteiger partial charge >= 0.3 is 0 Å². The highest BCUT2D eigenvalue weighted by Gasteiger charge is 2.72. The second kappa shape index (κ2) is 11.2. The van der Waals surface area contributed by atoms with Crippen molar-refractivity contribution in [2.24, 2.45) is 11.8 Å². The van der Waals surface area contributed by atoms with Gasteiger partial charge in [-0.15, -0.1) is 0 Å². The van der Waals surface area contributed by atoms with Crippen LogP contribution >= 0.6 is 11.6 Å². The van der Waals surface area contributed by atoms with E-state index in [0.717, 1.165) is 51.7 Å². The molecule has 2 N–H and O–H groups in total. The van der Waals surface area contributed by atoms with Gasteiger partial charge in [0.25, 0.3) is 0 Å². The molecule has 9 nitrogen and oxygen atoms in total. The molecule has 1 spiro atoms. The van der Waals surface area contributed by atoms with Gasteiger partial charge in [-0.05, 0) is 43.5 Å². The van der Waals surface area contributed by atoms with Crippen LogP contribution in [0.1, 0.15) is 38.5 Å². The summed E-state index contributed by atoms with van der Waals surface area (Å²) in [5.74, 6) is -2.09. The lowest BCUT2D eigenvalue weighted by Crippen LogP contribution is -2.56. The van der Waals surface area contributed by atoms with Crippen molar-refractivity contribution < 1.29 is 23.9 Å². The minimum Gasteiger partial charge on any atom is -0.379 e. The van der Waals surface area contributed by atoms with E-state index in [1.807, 2.05) is 12.2 Å². The maximum atomic E-state index is 14.1. The summed E-state index contributed by atoms with van der Waals surface area (Å²) in [5.41, 5.74) is -0.536. The number of fused-ring (bicyclic) bond motifs is 1. The molecule has 1 saturated carbocycles. The SMILES string of the molecule is O=C(Nc1ccc(Cl)cc1)[C@@H]1[C@@H]2C=C[C@]3(O2)[C@@H]1C(=O)N(CCCN1CCOCC1)[C@H]3C(=O)NC1CCCCC1. The third-order valence-electron chi connectivity index (χ3n) is 8.97. The fraction of sp³-hybridized carbons (Fsp3) is 0.621. The van der Waals surface area contributed by atoms with Crippen molar-refractivity contribution in [1.82, 2.24) is 15.1 Å². The molecule has 1 aromatic carbocycles.